The van der Waals surface area contributed by atoms with Crippen molar-refractivity contribution in [2.24, 2.45) is 5.73 Å². The van der Waals surface area contributed by atoms with Gasteiger partial charge >= 0.3 is 0 Å². The number of nitrogens with two attached hydrogens (primary N) is 1. The van der Waals surface area contributed by atoms with Crippen LogP contribution in [0.15, 0.2) is 0 Å². The maximum Gasteiger partial charge on any atom is 0.238 e. The Morgan fingerprint density at radius 1 is 1.62 bits per heavy atom. The smallest absolute Gasteiger partial charge is 0.238 e. The van der Waals surface area contributed by atoms with Crippen LogP contribution in [0.3, 0.4) is 0 Å². The summed E-state index contributed by atoms with van der Waals surface area (Å²) in [5, 5.41) is 8.62. The third-order valence-electron chi connectivity index (χ3n) is 2.04. The molecule has 0 aromatic rings. The highest BCUT2D eigenvalue weighted by Crippen LogP contribution is 1.97. The highest BCUT2D eigenvalue weighted by molar-refractivity contribution is 5.79. The molecule has 0 bridgehead atoms. The molecule has 1 fully saturated rings. The Labute approximate surface area is 76.6 Å². The molecule has 1 atom stereocenters. The van der Waals surface area contributed by atoms with E-state index in [9.17, 15) is 4.79 Å². The first kappa shape index (κ1) is 10.4. The number of hydrogen-bond acceptors (Lipinski definition) is 5. The largest absolute Gasteiger partial charge is 0.379 e. The SMILES string of the molecule is NC(=O)[C@@H](CN1CCOCC1)NO. The minimum atomic E-state index is -0.696. The number of hydrogen-bond donors (Lipinski definition) is 3. The van der Waals surface area contributed by atoms with Crippen LogP contribution in [-0.4, -0.2) is 54.9 Å². The van der Waals surface area contributed by atoms with Gasteiger partial charge in [0.15, 0.2) is 0 Å². The predicted octanol–water partition coefficient (Wildman–Crippen LogP) is -1.85. The predicted molar refractivity (Wildman–Crippen MR) is 45.2 cm³/mol. The van der Waals surface area contributed by atoms with Crippen molar-refractivity contribution in [3.05, 3.63) is 0 Å². The molecular formula is C7H15N3O3. The van der Waals surface area contributed by atoms with E-state index in [2.05, 4.69) is 0 Å². The molecule has 6 nitrogen and oxygen atoms in total. The number of morpholine rings is 1. The summed E-state index contributed by atoms with van der Waals surface area (Å²) in [4.78, 5) is 12.8. The molecule has 0 aliphatic carbocycles. The highest BCUT2D eigenvalue weighted by Gasteiger charge is 2.19. The lowest BCUT2D eigenvalue weighted by Crippen LogP contribution is -2.50. The number of ether oxygens (including phenoxy) is 1. The number of hydroxylamine groups is 1. The van der Waals surface area contributed by atoms with Gasteiger partial charge in [-0.1, -0.05) is 0 Å². The number of amides is 1. The maximum absolute atomic E-state index is 10.7. The van der Waals surface area contributed by atoms with Crippen LogP contribution >= 0.6 is 0 Å². The van der Waals surface area contributed by atoms with Crippen molar-refractivity contribution in [1.82, 2.24) is 10.4 Å². The minimum Gasteiger partial charge on any atom is -0.379 e. The van der Waals surface area contributed by atoms with E-state index in [1.165, 1.54) is 0 Å². The van der Waals surface area contributed by atoms with E-state index in [-0.39, 0.29) is 0 Å². The van der Waals surface area contributed by atoms with Crippen LogP contribution in [0.25, 0.3) is 0 Å². The van der Waals surface area contributed by atoms with Gasteiger partial charge in [0.05, 0.1) is 13.2 Å². The third kappa shape index (κ3) is 3.27. The molecule has 76 valence electrons. The van der Waals surface area contributed by atoms with E-state index in [4.69, 9.17) is 15.7 Å². The Hall–Kier alpha value is -0.690. The van der Waals surface area contributed by atoms with Gasteiger partial charge in [0.2, 0.25) is 5.91 Å². The number of rotatable bonds is 4. The molecule has 0 aromatic carbocycles. The fraction of sp³-hybridized carbons (Fsp3) is 0.857. The number of nitrogens with one attached hydrogen (secondary N) is 1. The van der Waals surface area contributed by atoms with Gasteiger partial charge in [-0.15, -0.1) is 0 Å². The van der Waals surface area contributed by atoms with Crippen molar-refractivity contribution in [3.8, 4) is 0 Å². The molecular weight excluding hydrogens is 174 g/mol. The Balaban J connectivity index is 2.31. The van der Waals surface area contributed by atoms with E-state index in [0.717, 1.165) is 13.1 Å². The number of nitrogens with zero attached hydrogens (tertiary/aromatic N) is 1. The Kier molecular flexibility index (Phi) is 4.10. The van der Waals surface area contributed by atoms with Gasteiger partial charge in [-0.25, -0.2) is 0 Å². The summed E-state index contributed by atoms with van der Waals surface area (Å²) in [6.45, 7) is 3.29. The highest BCUT2D eigenvalue weighted by atomic mass is 16.5. The maximum atomic E-state index is 10.7. The Bertz CT molecular complexity index is 170. The summed E-state index contributed by atoms with van der Waals surface area (Å²) in [6, 6.07) is -0.696. The molecule has 0 radical (unpaired) electrons. The first-order chi connectivity index (χ1) is 6.24. The van der Waals surface area contributed by atoms with Crippen LogP contribution in [0.5, 0.6) is 0 Å². The van der Waals surface area contributed by atoms with Gasteiger partial charge in [0.25, 0.3) is 0 Å². The fourth-order valence-electron chi connectivity index (χ4n) is 1.24. The van der Waals surface area contributed by atoms with Crippen molar-refractivity contribution in [3.63, 3.8) is 0 Å². The molecule has 1 aliphatic rings. The summed E-state index contributed by atoms with van der Waals surface area (Å²) >= 11 is 0. The summed E-state index contributed by atoms with van der Waals surface area (Å²) in [6.07, 6.45) is 0. The first-order valence-electron chi connectivity index (χ1n) is 4.23. The summed E-state index contributed by atoms with van der Waals surface area (Å²) in [7, 11) is 0. The van der Waals surface area contributed by atoms with E-state index in [0.29, 0.717) is 19.8 Å². The zero-order valence-corrected chi connectivity index (χ0v) is 7.40. The quantitative estimate of drug-likeness (QED) is 0.452. The average Bonchev–Trinajstić information content (AvgIpc) is 2.15. The molecule has 0 aromatic heterocycles. The molecule has 0 saturated carbocycles. The molecule has 1 heterocycles. The fourth-order valence-corrected chi connectivity index (χ4v) is 1.24. The van der Waals surface area contributed by atoms with E-state index >= 15 is 0 Å². The number of carbonyl (C=O) groups is 1. The minimum absolute atomic E-state index is 0.426. The van der Waals surface area contributed by atoms with Crippen molar-refractivity contribution in [2.45, 2.75) is 6.04 Å². The van der Waals surface area contributed by atoms with Gasteiger partial charge in [-0.05, 0) is 0 Å². The van der Waals surface area contributed by atoms with Crippen LogP contribution in [0.2, 0.25) is 0 Å². The van der Waals surface area contributed by atoms with Gasteiger partial charge in [0, 0.05) is 19.6 Å². The van der Waals surface area contributed by atoms with Crippen molar-refractivity contribution < 1.29 is 14.7 Å². The molecule has 1 aliphatic heterocycles. The van der Waals surface area contributed by atoms with Crippen LogP contribution in [-0.2, 0) is 9.53 Å². The Morgan fingerprint density at radius 3 is 2.69 bits per heavy atom. The Morgan fingerprint density at radius 2 is 2.23 bits per heavy atom. The van der Waals surface area contributed by atoms with Gasteiger partial charge in [-0.3, -0.25) is 9.69 Å². The topological polar surface area (TPSA) is 87.8 Å². The molecule has 1 amide bonds. The van der Waals surface area contributed by atoms with Crippen LogP contribution in [0.4, 0.5) is 0 Å². The molecule has 1 saturated heterocycles. The zero-order valence-electron chi connectivity index (χ0n) is 7.40. The molecule has 0 spiro atoms. The standard InChI is InChI=1S/C7H15N3O3/c8-7(11)6(9-12)5-10-1-3-13-4-2-10/h6,9,12H,1-5H2,(H2,8,11)/t6-/m1/s1. The molecule has 0 unspecified atom stereocenters. The van der Waals surface area contributed by atoms with E-state index < -0.39 is 11.9 Å². The van der Waals surface area contributed by atoms with Gasteiger partial charge < -0.3 is 15.7 Å². The molecule has 6 heteroatoms. The van der Waals surface area contributed by atoms with Crippen LogP contribution in [0, 0.1) is 0 Å². The van der Waals surface area contributed by atoms with Crippen molar-refractivity contribution >= 4 is 5.91 Å². The first-order valence-corrected chi connectivity index (χ1v) is 4.23. The normalized spacial score (nSPS) is 21.3. The third-order valence-corrected chi connectivity index (χ3v) is 2.04. The summed E-state index contributed by atoms with van der Waals surface area (Å²) in [5.41, 5.74) is 6.94. The van der Waals surface area contributed by atoms with Crippen molar-refractivity contribution in [2.75, 3.05) is 32.8 Å². The van der Waals surface area contributed by atoms with Crippen LogP contribution in [0.1, 0.15) is 0 Å². The summed E-state index contributed by atoms with van der Waals surface area (Å²) < 4.78 is 5.13. The second-order valence-electron chi connectivity index (χ2n) is 3.00. The lowest BCUT2D eigenvalue weighted by molar-refractivity contribution is -0.123. The molecule has 4 N–H and O–H groups in total. The van der Waals surface area contributed by atoms with E-state index in [1.807, 2.05) is 10.4 Å². The second kappa shape index (κ2) is 5.13. The average molecular weight is 189 g/mol. The molecule has 13 heavy (non-hydrogen) atoms. The van der Waals surface area contributed by atoms with Crippen LogP contribution < -0.4 is 11.2 Å². The number of primary amides is 1. The zero-order chi connectivity index (χ0) is 9.68. The van der Waals surface area contributed by atoms with E-state index in [1.54, 1.807) is 0 Å². The van der Waals surface area contributed by atoms with Gasteiger partial charge in [0.1, 0.15) is 6.04 Å². The summed E-state index contributed by atoms with van der Waals surface area (Å²) in [5.74, 6) is -0.547. The lowest BCUT2D eigenvalue weighted by atomic mass is 10.2. The number of carbonyl (C=O) groups excluding carboxylic acids is 1. The van der Waals surface area contributed by atoms with Crippen molar-refractivity contribution in [1.29, 1.82) is 0 Å². The second-order valence-corrected chi connectivity index (χ2v) is 3.00. The lowest BCUT2D eigenvalue weighted by Gasteiger charge is -2.28. The van der Waals surface area contributed by atoms with Gasteiger partial charge in [-0.2, -0.15) is 5.48 Å². The monoisotopic (exact) mass is 189 g/mol. The molecule has 1 rings (SSSR count).